The molecule has 6 nitrogen and oxygen atoms in total. The molecule has 7 heteroatoms. The summed E-state index contributed by atoms with van der Waals surface area (Å²) < 4.78 is 18.1. The van der Waals surface area contributed by atoms with Crippen LogP contribution in [0.1, 0.15) is 22.5 Å². The van der Waals surface area contributed by atoms with Gasteiger partial charge >= 0.3 is 0 Å². The van der Waals surface area contributed by atoms with Crippen LogP contribution in [0.2, 0.25) is 0 Å². The van der Waals surface area contributed by atoms with E-state index in [1.165, 1.54) is 35.4 Å². The number of benzene rings is 1. The number of ketones is 1. The number of rotatable bonds is 5. The molecule has 1 atom stereocenters. The number of hydrogen-bond donors (Lipinski definition) is 1. The summed E-state index contributed by atoms with van der Waals surface area (Å²) in [6, 6.07) is 8.45. The van der Waals surface area contributed by atoms with Crippen LogP contribution in [0.5, 0.6) is 0 Å². The van der Waals surface area contributed by atoms with E-state index in [4.69, 9.17) is 4.42 Å². The summed E-state index contributed by atoms with van der Waals surface area (Å²) in [7, 11) is 0. The summed E-state index contributed by atoms with van der Waals surface area (Å²) in [5.74, 6) is -2.16. The number of Topliss-reactive ketones (excluding diaryl/α,β-unsaturated/α-hetero) is 1. The number of amides is 2. The van der Waals surface area contributed by atoms with Crippen LogP contribution in [0.3, 0.4) is 0 Å². The minimum absolute atomic E-state index is 0.0477. The molecule has 0 bridgehead atoms. The molecular formula is C17H15FN2O4. The summed E-state index contributed by atoms with van der Waals surface area (Å²) in [4.78, 5) is 37.3. The van der Waals surface area contributed by atoms with Gasteiger partial charge in [-0.3, -0.25) is 14.4 Å². The molecule has 0 radical (unpaired) electrons. The van der Waals surface area contributed by atoms with Crippen molar-refractivity contribution in [2.45, 2.75) is 19.0 Å². The third kappa shape index (κ3) is 3.51. The zero-order chi connectivity index (χ0) is 17.1. The Morgan fingerprint density at radius 2 is 2.12 bits per heavy atom. The first kappa shape index (κ1) is 15.9. The zero-order valence-electron chi connectivity index (χ0n) is 12.7. The van der Waals surface area contributed by atoms with Crippen molar-refractivity contribution in [3.63, 3.8) is 0 Å². The lowest BCUT2D eigenvalue weighted by molar-refractivity contribution is -0.128. The second-order valence-corrected chi connectivity index (χ2v) is 5.59. The van der Waals surface area contributed by atoms with E-state index in [9.17, 15) is 18.8 Å². The Balaban J connectivity index is 1.58. The standard InChI is InChI=1S/C17H15FN2O4/c18-12-4-1-3-11(7-12)9-20-10-13(8-15(20)21)19-17(23)16(22)14-5-2-6-24-14/h1-7,13H,8-10H2,(H,19,23). The van der Waals surface area contributed by atoms with Crippen molar-refractivity contribution in [3.05, 3.63) is 59.8 Å². The highest BCUT2D eigenvalue weighted by molar-refractivity contribution is 6.42. The Hall–Kier alpha value is -2.96. The number of nitrogens with one attached hydrogen (secondary N) is 1. The molecule has 3 rings (SSSR count). The second kappa shape index (κ2) is 6.66. The van der Waals surface area contributed by atoms with Gasteiger partial charge < -0.3 is 14.6 Å². The van der Waals surface area contributed by atoms with E-state index in [0.29, 0.717) is 5.56 Å². The molecule has 1 aliphatic heterocycles. The highest BCUT2D eigenvalue weighted by Gasteiger charge is 2.32. The fraction of sp³-hybridized carbons (Fsp3) is 0.235. The monoisotopic (exact) mass is 330 g/mol. The van der Waals surface area contributed by atoms with Crippen LogP contribution >= 0.6 is 0 Å². The number of carbonyl (C=O) groups is 3. The van der Waals surface area contributed by atoms with Gasteiger partial charge in [0.15, 0.2) is 5.76 Å². The van der Waals surface area contributed by atoms with E-state index < -0.39 is 17.7 Å². The largest absolute Gasteiger partial charge is 0.461 e. The fourth-order valence-corrected chi connectivity index (χ4v) is 2.65. The van der Waals surface area contributed by atoms with Crippen LogP contribution in [0.4, 0.5) is 4.39 Å². The molecule has 2 amide bonds. The fourth-order valence-electron chi connectivity index (χ4n) is 2.65. The smallest absolute Gasteiger partial charge is 0.296 e. The normalized spacial score (nSPS) is 17.1. The van der Waals surface area contributed by atoms with Crippen LogP contribution in [-0.2, 0) is 16.1 Å². The van der Waals surface area contributed by atoms with Gasteiger partial charge in [-0.05, 0) is 29.8 Å². The number of halogens is 1. The Kier molecular flexibility index (Phi) is 4.41. The van der Waals surface area contributed by atoms with Crippen molar-refractivity contribution in [3.8, 4) is 0 Å². The Morgan fingerprint density at radius 3 is 2.83 bits per heavy atom. The number of hydrogen-bond acceptors (Lipinski definition) is 4. The number of furan rings is 1. The third-order valence-corrected chi connectivity index (χ3v) is 3.76. The van der Waals surface area contributed by atoms with Crippen LogP contribution < -0.4 is 5.32 Å². The molecule has 2 heterocycles. The van der Waals surface area contributed by atoms with Crippen molar-refractivity contribution in [2.24, 2.45) is 0 Å². The Morgan fingerprint density at radius 1 is 1.29 bits per heavy atom. The molecule has 1 aromatic heterocycles. The first-order valence-corrected chi connectivity index (χ1v) is 7.44. The number of nitrogens with zero attached hydrogens (tertiary/aromatic N) is 1. The topological polar surface area (TPSA) is 79.6 Å². The molecule has 1 unspecified atom stereocenters. The highest BCUT2D eigenvalue weighted by atomic mass is 19.1. The Labute approximate surface area is 137 Å². The van der Waals surface area contributed by atoms with Gasteiger partial charge in [0.2, 0.25) is 5.91 Å². The van der Waals surface area contributed by atoms with E-state index in [1.54, 1.807) is 12.1 Å². The van der Waals surface area contributed by atoms with Gasteiger partial charge in [0.25, 0.3) is 11.7 Å². The second-order valence-electron chi connectivity index (χ2n) is 5.59. The van der Waals surface area contributed by atoms with E-state index in [-0.39, 0.29) is 37.0 Å². The first-order valence-electron chi connectivity index (χ1n) is 7.44. The molecule has 24 heavy (non-hydrogen) atoms. The molecular weight excluding hydrogens is 315 g/mol. The summed E-state index contributed by atoms with van der Waals surface area (Å²) in [5, 5.41) is 2.54. The average molecular weight is 330 g/mol. The van der Waals surface area contributed by atoms with Gasteiger partial charge in [0, 0.05) is 19.5 Å². The van der Waals surface area contributed by atoms with Crippen LogP contribution in [0.15, 0.2) is 47.1 Å². The molecule has 0 spiro atoms. The van der Waals surface area contributed by atoms with Crippen molar-refractivity contribution >= 4 is 17.6 Å². The predicted molar refractivity (Wildman–Crippen MR) is 81.4 cm³/mol. The van der Waals surface area contributed by atoms with Gasteiger partial charge in [-0.25, -0.2) is 4.39 Å². The lowest BCUT2D eigenvalue weighted by Crippen LogP contribution is -2.40. The molecule has 1 aliphatic rings. The van der Waals surface area contributed by atoms with E-state index in [2.05, 4.69) is 5.32 Å². The Bertz CT molecular complexity index is 773. The van der Waals surface area contributed by atoms with Crippen LogP contribution in [0, 0.1) is 5.82 Å². The average Bonchev–Trinajstić information content (AvgIpc) is 3.17. The summed E-state index contributed by atoms with van der Waals surface area (Å²) in [6.45, 7) is 0.529. The van der Waals surface area contributed by atoms with Gasteiger partial charge in [-0.2, -0.15) is 0 Å². The summed E-state index contributed by atoms with van der Waals surface area (Å²) >= 11 is 0. The maximum atomic E-state index is 13.2. The minimum atomic E-state index is -0.810. The SMILES string of the molecule is O=C(NC1CC(=O)N(Cc2cccc(F)c2)C1)C(=O)c1ccco1. The van der Waals surface area contributed by atoms with Crippen molar-refractivity contribution in [1.29, 1.82) is 0 Å². The van der Waals surface area contributed by atoms with Gasteiger partial charge in [0.05, 0.1) is 12.3 Å². The lowest BCUT2D eigenvalue weighted by atomic mass is 10.2. The van der Waals surface area contributed by atoms with Gasteiger partial charge in [0.1, 0.15) is 5.82 Å². The van der Waals surface area contributed by atoms with Crippen LogP contribution in [-0.4, -0.2) is 35.1 Å². The summed E-state index contributed by atoms with van der Waals surface area (Å²) in [6.07, 6.45) is 1.41. The molecule has 0 saturated carbocycles. The first-order chi connectivity index (χ1) is 11.5. The van der Waals surface area contributed by atoms with E-state index >= 15 is 0 Å². The zero-order valence-corrected chi connectivity index (χ0v) is 12.7. The molecule has 1 N–H and O–H groups in total. The van der Waals surface area contributed by atoms with Gasteiger partial charge in [-0.15, -0.1) is 0 Å². The van der Waals surface area contributed by atoms with Gasteiger partial charge in [-0.1, -0.05) is 12.1 Å². The molecule has 1 aromatic carbocycles. The van der Waals surface area contributed by atoms with E-state index in [0.717, 1.165) is 0 Å². The third-order valence-electron chi connectivity index (χ3n) is 3.76. The maximum Gasteiger partial charge on any atom is 0.296 e. The highest BCUT2D eigenvalue weighted by Crippen LogP contribution is 2.16. The number of carbonyl (C=O) groups excluding carboxylic acids is 3. The predicted octanol–water partition coefficient (Wildman–Crippen LogP) is 1.52. The van der Waals surface area contributed by atoms with Crippen molar-refractivity contribution < 1.29 is 23.2 Å². The molecule has 0 aliphatic carbocycles. The van der Waals surface area contributed by atoms with Crippen molar-refractivity contribution in [1.82, 2.24) is 10.2 Å². The molecule has 1 fully saturated rings. The number of likely N-dealkylation sites (tertiary alicyclic amines) is 1. The molecule has 124 valence electrons. The molecule has 1 saturated heterocycles. The maximum absolute atomic E-state index is 13.2. The van der Waals surface area contributed by atoms with Crippen molar-refractivity contribution in [2.75, 3.05) is 6.54 Å². The molecule has 2 aromatic rings. The minimum Gasteiger partial charge on any atom is -0.461 e. The quantitative estimate of drug-likeness (QED) is 0.666. The van der Waals surface area contributed by atoms with E-state index in [1.807, 2.05) is 0 Å². The van der Waals surface area contributed by atoms with Crippen LogP contribution in [0.25, 0.3) is 0 Å². The lowest BCUT2D eigenvalue weighted by Gasteiger charge is -2.17. The summed E-state index contributed by atoms with van der Waals surface area (Å²) in [5.41, 5.74) is 0.669.